The van der Waals surface area contributed by atoms with E-state index in [4.69, 9.17) is 0 Å². The van der Waals surface area contributed by atoms with Gasteiger partial charge in [-0.25, -0.2) is 8.78 Å². The van der Waals surface area contributed by atoms with Crippen molar-refractivity contribution in [3.63, 3.8) is 0 Å². The summed E-state index contributed by atoms with van der Waals surface area (Å²) in [7, 11) is 0. The molecule has 0 heterocycles. The van der Waals surface area contributed by atoms with Crippen LogP contribution in [0.5, 0.6) is 0 Å². The zero-order chi connectivity index (χ0) is 7.72. The maximum Gasteiger partial charge on any atom is 0.136 e. The van der Waals surface area contributed by atoms with Gasteiger partial charge in [0.2, 0.25) is 0 Å². The zero-order valence-electron chi connectivity index (χ0n) is 5.50. The molecular formula is C7H7BrF2. The Balaban J connectivity index is 2.90. The third kappa shape index (κ3) is 1.45. The Morgan fingerprint density at radius 2 is 2.20 bits per heavy atom. The first-order valence-corrected chi connectivity index (χ1v) is 3.82. The number of rotatable bonds is 0. The van der Waals surface area contributed by atoms with Crippen molar-refractivity contribution in [1.29, 1.82) is 0 Å². The van der Waals surface area contributed by atoms with Gasteiger partial charge < -0.3 is 0 Å². The van der Waals surface area contributed by atoms with Gasteiger partial charge in [-0.3, -0.25) is 0 Å². The number of allylic oxidation sites excluding steroid dienone is 4. The minimum Gasteiger partial charge on any atom is -0.210 e. The molecule has 3 heteroatoms. The van der Waals surface area contributed by atoms with Crippen LogP contribution in [0.3, 0.4) is 0 Å². The molecule has 0 spiro atoms. The molecule has 0 amide bonds. The first-order valence-electron chi connectivity index (χ1n) is 3.03. The van der Waals surface area contributed by atoms with Crippen LogP contribution in [0.25, 0.3) is 0 Å². The highest BCUT2D eigenvalue weighted by Crippen LogP contribution is 2.33. The Morgan fingerprint density at radius 1 is 1.60 bits per heavy atom. The van der Waals surface area contributed by atoms with Gasteiger partial charge in [0.25, 0.3) is 0 Å². The third-order valence-electron chi connectivity index (χ3n) is 1.38. The molecule has 56 valence electrons. The van der Waals surface area contributed by atoms with Crippen molar-refractivity contribution in [2.75, 3.05) is 0 Å². The van der Waals surface area contributed by atoms with Crippen molar-refractivity contribution in [2.45, 2.75) is 13.3 Å². The fraction of sp³-hybridized carbons (Fsp3) is 0.429. The molecule has 0 nitrogen and oxygen atoms in total. The largest absolute Gasteiger partial charge is 0.210 e. The Morgan fingerprint density at radius 3 is 2.70 bits per heavy atom. The van der Waals surface area contributed by atoms with E-state index in [9.17, 15) is 8.78 Å². The predicted octanol–water partition coefficient (Wildman–Crippen LogP) is 3.46. The van der Waals surface area contributed by atoms with Crippen LogP contribution in [0, 0.1) is 5.92 Å². The summed E-state index contributed by atoms with van der Waals surface area (Å²) in [4.78, 5) is 0. The van der Waals surface area contributed by atoms with Gasteiger partial charge >= 0.3 is 0 Å². The molecule has 0 fully saturated rings. The second-order valence-electron chi connectivity index (χ2n) is 2.41. The highest BCUT2D eigenvalue weighted by atomic mass is 79.9. The van der Waals surface area contributed by atoms with Crippen molar-refractivity contribution in [3.05, 3.63) is 22.2 Å². The molecule has 1 aliphatic carbocycles. The molecule has 0 bridgehead atoms. The van der Waals surface area contributed by atoms with Crippen molar-refractivity contribution >= 4 is 15.9 Å². The molecule has 0 N–H and O–H groups in total. The lowest BCUT2D eigenvalue weighted by atomic mass is 10.0. The maximum atomic E-state index is 12.6. The van der Waals surface area contributed by atoms with Crippen molar-refractivity contribution in [3.8, 4) is 0 Å². The first-order chi connectivity index (χ1) is 4.61. The van der Waals surface area contributed by atoms with Gasteiger partial charge in [0.05, 0.1) is 4.48 Å². The molecule has 10 heavy (non-hydrogen) atoms. The summed E-state index contributed by atoms with van der Waals surface area (Å²) in [6.07, 6.45) is 1.71. The molecule has 0 saturated heterocycles. The molecule has 0 aliphatic heterocycles. The van der Waals surface area contributed by atoms with Gasteiger partial charge in [0.15, 0.2) is 0 Å². The molecule has 0 saturated carbocycles. The van der Waals surface area contributed by atoms with E-state index in [1.807, 2.05) is 0 Å². The van der Waals surface area contributed by atoms with E-state index in [2.05, 4.69) is 15.9 Å². The molecule has 0 radical (unpaired) electrons. The van der Waals surface area contributed by atoms with Crippen molar-refractivity contribution in [1.82, 2.24) is 0 Å². The highest BCUT2D eigenvalue weighted by Gasteiger charge is 2.17. The molecule has 0 aromatic carbocycles. The van der Waals surface area contributed by atoms with Crippen LogP contribution in [-0.4, -0.2) is 0 Å². The first kappa shape index (κ1) is 7.92. The summed E-state index contributed by atoms with van der Waals surface area (Å²) in [5, 5.41) is 0. The number of hydrogen-bond acceptors (Lipinski definition) is 0. The molecule has 1 atom stereocenters. The maximum absolute atomic E-state index is 12.6. The monoisotopic (exact) mass is 208 g/mol. The van der Waals surface area contributed by atoms with E-state index in [0.29, 0.717) is 6.42 Å². The highest BCUT2D eigenvalue weighted by molar-refractivity contribution is 9.12. The van der Waals surface area contributed by atoms with Gasteiger partial charge in [0, 0.05) is 6.42 Å². The van der Waals surface area contributed by atoms with E-state index < -0.39 is 11.7 Å². The number of halogens is 3. The molecule has 0 aromatic heterocycles. The molecular weight excluding hydrogens is 202 g/mol. The zero-order valence-corrected chi connectivity index (χ0v) is 7.08. The van der Waals surface area contributed by atoms with Crippen LogP contribution in [-0.2, 0) is 0 Å². The lowest BCUT2D eigenvalue weighted by Crippen LogP contribution is -1.98. The fourth-order valence-electron chi connectivity index (χ4n) is 0.884. The quantitative estimate of drug-likeness (QED) is 0.573. The third-order valence-corrected chi connectivity index (χ3v) is 2.19. The molecule has 1 aliphatic rings. The average molecular weight is 209 g/mol. The van der Waals surface area contributed by atoms with Crippen molar-refractivity contribution in [2.24, 2.45) is 5.92 Å². The summed E-state index contributed by atoms with van der Waals surface area (Å²) < 4.78 is 25.2. The fourth-order valence-corrected chi connectivity index (χ4v) is 1.18. The van der Waals surface area contributed by atoms with Crippen LogP contribution in [0.1, 0.15) is 13.3 Å². The SMILES string of the molecule is CC1C=C(F)C(Br)=C(F)C1. The minimum atomic E-state index is -0.490. The van der Waals surface area contributed by atoms with Gasteiger partial charge in [-0.15, -0.1) is 0 Å². The normalized spacial score (nSPS) is 26.8. The van der Waals surface area contributed by atoms with E-state index >= 15 is 0 Å². The second-order valence-corrected chi connectivity index (χ2v) is 3.21. The molecule has 1 unspecified atom stereocenters. The summed E-state index contributed by atoms with van der Waals surface area (Å²) in [6.45, 7) is 1.78. The Bertz CT molecular complexity index is 206. The van der Waals surface area contributed by atoms with Crippen LogP contribution in [0.15, 0.2) is 22.2 Å². The predicted molar refractivity (Wildman–Crippen MR) is 40.0 cm³/mol. The Kier molecular flexibility index (Phi) is 2.24. The average Bonchev–Trinajstić information content (AvgIpc) is 1.82. The molecule has 1 rings (SSSR count). The standard InChI is InChI=1S/C7H7BrF2/c1-4-2-5(9)7(8)6(10)3-4/h2,4H,3H2,1H3. The smallest absolute Gasteiger partial charge is 0.136 e. The van der Waals surface area contributed by atoms with Gasteiger partial charge in [0.1, 0.15) is 11.7 Å². The van der Waals surface area contributed by atoms with Gasteiger partial charge in [-0.2, -0.15) is 0 Å². The Hall–Kier alpha value is -0.180. The van der Waals surface area contributed by atoms with Gasteiger partial charge in [-0.05, 0) is 27.9 Å². The number of hydrogen-bond donors (Lipinski definition) is 0. The lowest BCUT2D eigenvalue weighted by Gasteiger charge is -2.11. The lowest BCUT2D eigenvalue weighted by molar-refractivity contribution is 0.505. The van der Waals surface area contributed by atoms with Crippen LogP contribution in [0.4, 0.5) is 8.78 Å². The summed E-state index contributed by atoms with van der Waals surface area (Å²) >= 11 is 2.81. The van der Waals surface area contributed by atoms with E-state index in [1.54, 1.807) is 6.92 Å². The second kappa shape index (κ2) is 2.82. The van der Waals surface area contributed by atoms with E-state index in [1.165, 1.54) is 6.08 Å². The van der Waals surface area contributed by atoms with Crippen molar-refractivity contribution < 1.29 is 8.78 Å². The Labute approximate surface area is 66.7 Å². The van der Waals surface area contributed by atoms with E-state index in [-0.39, 0.29) is 10.4 Å². The van der Waals surface area contributed by atoms with Gasteiger partial charge in [-0.1, -0.05) is 6.92 Å². The van der Waals surface area contributed by atoms with Crippen LogP contribution < -0.4 is 0 Å². The van der Waals surface area contributed by atoms with E-state index in [0.717, 1.165) is 0 Å². The minimum absolute atomic E-state index is 0.0226. The van der Waals surface area contributed by atoms with Crippen LogP contribution >= 0.6 is 15.9 Å². The summed E-state index contributed by atoms with van der Waals surface area (Å²) in [6, 6.07) is 0. The van der Waals surface area contributed by atoms with Crippen LogP contribution in [0.2, 0.25) is 0 Å². The summed E-state index contributed by atoms with van der Waals surface area (Å²) in [5.41, 5.74) is 0. The summed E-state index contributed by atoms with van der Waals surface area (Å²) in [5.74, 6) is -0.912. The molecule has 0 aromatic rings. The topological polar surface area (TPSA) is 0 Å².